The lowest BCUT2D eigenvalue weighted by Crippen LogP contribution is -2.38. The maximum absolute atomic E-state index is 13.3. The first-order valence-corrected chi connectivity index (χ1v) is 13.6. The van der Waals surface area contributed by atoms with Crippen molar-refractivity contribution in [3.8, 4) is 11.5 Å². The molecule has 1 unspecified atom stereocenters. The lowest BCUT2D eigenvalue weighted by Gasteiger charge is -2.29. The summed E-state index contributed by atoms with van der Waals surface area (Å²) in [6, 6.07) is 20.5. The first kappa shape index (κ1) is 27.4. The average molecular weight is 543 g/mol. The molecule has 0 bridgehead atoms. The molecule has 2 aliphatic rings. The van der Waals surface area contributed by atoms with Crippen molar-refractivity contribution in [2.45, 2.75) is 26.0 Å². The van der Waals surface area contributed by atoms with E-state index in [1.54, 1.807) is 36.4 Å². The Morgan fingerprint density at radius 3 is 2.45 bits per heavy atom. The Kier molecular flexibility index (Phi) is 8.48. The van der Waals surface area contributed by atoms with Crippen LogP contribution < -0.4 is 4.74 Å². The number of ether oxygens (including phenoxy) is 2. The van der Waals surface area contributed by atoms with Crippen LogP contribution in [0.2, 0.25) is 0 Å². The topological polar surface area (TPSA) is 99.5 Å². The molecule has 8 nitrogen and oxygen atoms in total. The van der Waals surface area contributed by atoms with Gasteiger partial charge in [0.1, 0.15) is 23.9 Å². The molecule has 0 aliphatic carbocycles. The number of rotatable bonds is 9. The molecule has 3 aromatic carbocycles. The molecule has 0 aromatic heterocycles. The Morgan fingerprint density at radius 1 is 0.975 bits per heavy atom. The summed E-state index contributed by atoms with van der Waals surface area (Å²) in [6.07, 6.45) is 0.662. The fraction of sp³-hybridized carbons (Fsp3) is 0.312. The Hall–Kier alpha value is -4.14. The largest absolute Gasteiger partial charge is 0.508 e. The van der Waals surface area contributed by atoms with Gasteiger partial charge in [0.15, 0.2) is 0 Å². The fourth-order valence-electron chi connectivity index (χ4n) is 5.24. The van der Waals surface area contributed by atoms with E-state index in [4.69, 9.17) is 9.47 Å². The first-order chi connectivity index (χ1) is 19.4. The molecule has 5 rings (SSSR count). The minimum absolute atomic E-state index is 0.00977. The second kappa shape index (κ2) is 12.4. The smallest absolute Gasteiger partial charge is 0.295 e. The van der Waals surface area contributed by atoms with Crippen LogP contribution in [0.1, 0.15) is 34.7 Å². The van der Waals surface area contributed by atoms with E-state index in [1.165, 1.54) is 17.0 Å². The van der Waals surface area contributed by atoms with Crippen LogP contribution in [0.3, 0.4) is 0 Å². The minimum Gasteiger partial charge on any atom is -0.508 e. The number of nitrogens with zero attached hydrogens (tertiary/aromatic N) is 2. The second-order valence-electron chi connectivity index (χ2n) is 10.1. The number of hydrogen-bond donors (Lipinski definition) is 2. The van der Waals surface area contributed by atoms with E-state index in [0.717, 1.165) is 30.8 Å². The van der Waals surface area contributed by atoms with Crippen LogP contribution in [0.4, 0.5) is 0 Å². The monoisotopic (exact) mass is 542 g/mol. The zero-order valence-corrected chi connectivity index (χ0v) is 22.6. The normalized spacial score (nSPS) is 19.2. The molecule has 0 saturated carbocycles. The molecule has 3 aromatic rings. The maximum atomic E-state index is 13.3. The van der Waals surface area contributed by atoms with Crippen molar-refractivity contribution in [2.75, 3.05) is 39.4 Å². The highest BCUT2D eigenvalue weighted by Gasteiger charge is 2.45. The van der Waals surface area contributed by atoms with Crippen LogP contribution in [-0.2, 0) is 20.9 Å². The molecular weight excluding hydrogens is 508 g/mol. The third-order valence-corrected chi connectivity index (χ3v) is 7.49. The van der Waals surface area contributed by atoms with Crippen molar-refractivity contribution in [1.82, 2.24) is 9.80 Å². The molecule has 8 heteroatoms. The van der Waals surface area contributed by atoms with Gasteiger partial charge in [-0.1, -0.05) is 36.4 Å². The van der Waals surface area contributed by atoms with E-state index in [0.29, 0.717) is 49.7 Å². The lowest BCUT2D eigenvalue weighted by atomic mass is 9.95. The summed E-state index contributed by atoms with van der Waals surface area (Å²) in [4.78, 5) is 30.3. The molecule has 1 atom stereocenters. The van der Waals surface area contributed by atoms with Gasteiger partial charge in [0.25, 0.3) is 11.7 Å². The molecule has 1 amide bonds. The highest BCUT2D eigenvalue weighted by Crippen LogP contribution is 2.40. The van der Waals surface area contributed by atoms with Gasteiger partial charge in [0.05, 0.1) is 24.8 Å². The van der Waals surface area contributed by atoms with E-state index < -0.39 is 17.7 Å². The summed E-state index contributed by atoms with van der Waals surface area (Å²) in [7, 11) is 0. The van der Waals surface area contributed by atoms with Gasteiger partial charge in [-0.05, 0) is 66.4 Å². The lowest BCUT2D eigenvalue weighted by molar-refractivity contribution is -0.140. The number of aromatic hydroxyl groups is 1. The molecule has 208 valence electrons. The van der Waals surface area contributed by atoms with Crippen molar-refractivity contribution >= 4 is 17.4 Å². The van der Waals surface area contributed by atoms with E-state index in [1.807, 2.05) is 31.2 Å². The van der Waals surface area contributed by atoms with Crippen LogP contribution in [0.25, 0.3) is 5.76 Å². The van der Waals surface area contributed by atoms with E-state index in [9.17, 15) is 19.8 Å². The van der Waals surface area contributed by atoms with E-state index in [-0.39, 0.29) is 17.1 Å². The number of carbonyl (C=O) groups excluding carboxylic acids is 2. The Bertz CT molecular complexity index is 1390. The SMILES string of the molecule is Cc1ccccc1COc1ccc(/C(O)=C2\C(=O)C(=O)N(CCCN3CCOCC3)C2c2cccc(O)c2)cc1. The van der Waals surface area contributed by atoms with Gasteiger partial charge in [0.2, 0.25) is 0 Å². The number of hydrogen-bond acceptors (Lipinski definition) is 7. The molecule has 0 spiro atoms. The average Bonchev–Trinajstić information content (AvgIpc) is 3.22. The summed E-state index contributed by atoms with van der Waals surface area (Å²) >= 11 is 0. The van der Waals surface area contributed by atoms with Gasteiger partial charge in [-0.3, -0.25) is 14.5 Å². The number of aliphatic hydroxyl groups excluding tert-OH is 1. The number of morpholine rings is 1. The van der Waals surface area contributed by atoms with Gasteiger partial charge in [-0.15, -0.1) is 0 Å². The highest BCUT2D eigenvalue weighted by molar-refractivity contribution is 6.46. The number of amides is 1. The summed E-state index contributed by atoms with van der Waals surface area (Å²) in [5.74, 6) is -1.01. The van der Waals surface area contributed by atoms with Crippen LogP contribution in [0.5, 0.6) is 11.5 Å². The third kappa shape index (κ3) is 6.03. The minimum atomic E-state index is -0.811. The molecule has 2 N–H and O–H groups in total. The maximum Gasteiger partial charge on any atom is 0.295 e. The predicted molar refractivity (Wildman–Crippen MR) is 151 cm³/mol. The molecule has 2 heterocycles. The van der Waals surface area contributed by atoms with Crippen LogP contribution >= 0.6 is 0 Å². The van der Waals surface area contributed by atoms with E-state index >= 15 is 0 Å². The molecule has 40 heavy (non-hydrogen) atoms. The second-order valence-corrected chi connectivity index (χ2v) is 10.1. The van der Waals surface area contributed by atoms with E-state index in [2.05, 4.69) is 4.90 Å². The quantitative estimate of drug-likeness (QED) is 0.235. The van der Waals surface area contributed by atoms with Crippen LogP contribution in [0.15, 0.2) is 78.4 Å². The first-order valence-electron chi connectivity index (χ1n) is 13.6. The summed E-state index contributed by atoms with van der Waals surface area (Å²) in [6.45, 7) is 6.58. The molecule has 2 aliphatic heterocycles. The number of carbonyl (C=O) groups is 2. The van der Waals surface area contributed by atoms with Gasteiger partial charge in [-0.25, -0.2) is 0 Å². The number of Topliss-reactive ketones (excluding diaryl/α,β-unsaturated/α-hetero) is 1. The summed E-state index contributed by atoms with van der Waals surface area (Å²) in [5, 5.41) is 21.5. The number of phenols is 1. The zero-order chi connectivity index (χ0) is 28.1. The standard InChI is InChI=1S/C32H34N2O6/c1-22-6-2-3-7-25(22)21-40-27-12-10-23(11-13-27)30(36)28-29(24-8-4-9-26(35)20-24)34(32(38)31(28)37)15-5-14-33-16-18-39-19-17-33/h2-4,6-13,20,29,35-36H,5,14-19,21H2,1H3/b30-28+. The Balaban J connectivity index is 1.39. The van der Waals surface area contributed by atoms with Crippen LogP contribution in [-0.4, -0.2) is 71.1 Å². The molecule has 2 fully saturated rings. The zero-order valence-electron chi connectivity index (χ0n) is 22.6. The van der Waals surface area contributed by atoms with Crippen LogP contribution in [0, 0.1) is 6.92 Å². The number of aliphatic hydroxyl groups is 1. The van der Waals surface area contributed by atoms with Crippen molar-refractivity contribution in [1.29, 1.82) is 0 Å². The molecule has 2 saturated heterocycles. The van der Waals surface area contributed by atoms with Crippen molar-refractivity contribution in [3.63, 3.8) is 0 Å². The Labute approximate surface area is 234 Å². The van der Waals surface area contributed by atoms with Gasteiger partial charge in [0, 0.05) is 31.7 Å². The van der Waals surface area contributed by atoms with Crippen molar-refractivity contribution < 1.29 is 29.3 Å². The Morgan fingerprint density at radius 2 is 1.73 bits per heavy atom. The fourth-order valence-corrected chi connectivity index (χ4v) is 5.24. The molecular formula is C32H34N2O6. The van der Waals surface area contributed by atoms with Crippen molar-refractivity contribution in [3.05, 3.63) is 101 Å². The van der Waals surface area contributed by atoms with Crippen molar-refractivity contribution in [2.24, 2.45) is 0 Å². The summed E-state index contributed by atoms with van der Waals surface area (Å²) < 4.78 is 11.3. The summed E-state index contributed by atoms with van der Waals surface area (Å²) in [5.41, 5.74) is 3.19. The molecule has 0 radical (unpaired) electrons. The van der Waals surface area contributed by atoms with Gasteiger partial charge >= 0.3 is 0 Å². The number of benzene rings is 3. The predicted octanol–water partition coefficient (Wildman–Crippen LogP) is 4.42. The number of ketones is 1. The third-order valence-electron chi connectivity index (χ3n) is 7.49. The number of likely N-dealkylation sites (tertiary alicyclic amines) is 1. The highest BCUT2D eigenvalue weighted by atomic mass is 16.5. The van der Waals surface area contributed by atoms with Gasteiger partial charge in [-0.2, -0.15) is 0 Å². The number of phenolic OH excluding ortho intramolecular Hbond substituents is 1. The number of aryl methyl sites for hydroxylation is 1. The van der Waals surface area contributed by atoms with Gasteiger partial charge < -0.3 is 24.6 Å².